The van der Waals surface area contributed by atoms with E-state index in [1.807, 2.05) is 35.2 Å². The fourth-order valence-corrected chi connectivity index (χ4v) is 3.49. The van der Waals surface area contributed by atoms with Crippen molar-refractivity contribution in [1.29, 1.82) is 0 Å². The smallest absolute Gasteiger partial charge is 0.222 e. The van der Waals surface area contributed by atoms with Gasteiger partial charge in [0.25, 0.3) is 0 Å². The molecule has 2 aromatic rings. The summed E-state index contributed by atoms with van der Waals surface area (Å²) in [5, 5.41) is 16.3. The molecule has 2 aromatic carbocycles. The zero-order chi connectivity index (χ0) is 20.5. The van der Waals surface area contributed by atoms with Crippen LogP contribution in [0.4, 0.5) is 0 Å². The van der Waals surface area contributed by atoms with E-state index in [4.69, 9.17) is 0 Å². The number of aliphatic hydroxyl groups is 1. The largest absolute Gasteiger partial charge is 0.396 e. The lowest BCUT2D eigenvalue weighted by molar-refractivity contribution is -0.128. The number of carbonyl (C=O) groups excluding carboxylic acids is 1. The summed E-state index contributed by atoms with van der Waals surface area (Å²) in [6.45, 7) is 2.88. The fraction of sp³-hybridized carbons (Fsp3) is 0.391. The van der Waals surface area contributed by atoms with Gasteiger partial charge >= 0.3 is 0 Å². The van der Waals surface area contributed by atoms with Crippen molar-refractivity contribution in [1.82, 2.24) is 15.5 Å². The van der Waals surface area contributed by atoms with Gasteiger partial charge < -0.3 is 20.6 Å². The van der Waals surface area contributed by atoms with E-state index >= 15 is 0 Å². The van der Waals surface area contributed by atoms with Crippen molar-refractivity contribution in [3.8, 4) is 0 Å². The molecule has 0 bridgehead atoms. The molecule has 1 aliphatic heterocycles. The van der Waals surface area contributed by atoms with Gasteiger partial charge in [0.15, 0.2) is 5.96 Å². The highest BCUT2D eigenvalue weighted by molar-refractivity contribution is 5.79. The predicted molar refractivity (Wildman–Crippen MR) is 116 cm³/mol. The molecular weight excluding hydrogens is 364 g/mol. The van der Waals surface area contributed by atoms with Gasteiger partial charge in [-0.3, -0.25) is 9.79 Å². The molecule has 0 aromatic heterocycles. The molecule has 6 nitrogen and oxygen atoms in total. The van der Waals surface area contributed by atoms with E-state index in [1.165, 1.54) is 0 Å². The summed E-state index contributed by atoms with van der Waals surface area (Å²) in [5.41, 5.74) is 3.40. The van der Waals surface area contributed by atoms with Crippen molar-refractivity contribution in [2.45, 2.75) is 31.8 Å². The van der Waals surface area contributed by atoms with E-state index in [1.54, 1.807) is 7.05 Å². The predicted octanol–water partition coefficient (Wildman–Crippen LogP) is 2.25. The Bertz CT molecular complexity index is 805. The van der Waals surface area contributed by atoms with Crippen molar-refractivity contribution in [3.05, 3.63) is 71.3 Å². The number of amides is 1. The Labute approximate surface area is 172 Å². The first-order valence-corrected chi connectivity index (χ1v) is 10.2. The first-order chi connectivity index (χ1) is 14.2. The second-order valence-corrected chi connectivity index (χ2v) is 7.33. The van der Waals surface area contributed by atoms with Crippen LogP contribution in [0.3, 0.4) is 0 Å². The molecule has 1 atom stereocenters. The topological polar surface area (TPSA) is 77.0 Å². The highest BCUT2D eigenvalue weighted by Gasteiger charge is 2.19. The van der Waals surface area contributed by atoms with Gasteiger partial charge in [-0.2, -0.15) is 0 Å². The van der Waals surface area contributed by atoms with E-state index in [2.05, 4.69) is 39.9 Å². The molecule has 1 aliphatic rings. The number of carbonyl (C=O) groups is 1. The Kier molecular flexibility index (Phi) is 7.64. The van der Waals surface area contributed by atoms with Crippen LogP contribution in [0.1, 0.15) is 35.4 Å². The third-order valence-corrected chi connectivity index (χ3v) is 5.26. The zero-order valence-corrected chi connectivity index (χ0v) is 17.0. The molecule has 0 spiro atoms. The number of aliphatic imine (C=N–C) groups is 1. The number of benzene rings is 2. The lowest BCUT2D eigenvalue weighted by Crippen LogP contribution is -2.39. The van der Waals surface area contributed by atoms with Gasteiger partial charge in [0.2, 0.25) is 5.91 Å². The lowest BCUT2D eigenvalue weighted by atomic mass is 10.0. The molecule has 0 saturated carbocycles. The van der Waals surface area contributed by atoms with Crippen molar-refractivity contribution in [3.63, 3.8) is 0 Å². The molecule has 29 heavy (non-hydrogen) atoms. The maximum atomic E-state index is 11.8. The summed E-state index contributed by atoms with van der Waals surface area (Å²) < 4.78 is 0. The molecule has 3 N–H and O–H groups in total. The lowest BCUT2D eigenvalue weighted by Gasteiger charge is -2.18. The van der Waals surface area contributed by atoms with Crippen LogP contribution < -0.4 is 10.6 Å². The van der Waals surface area contributed by atoms with Gasteiger partial charge in [0.05, 0.1) is 6.61 Å². The second kappa shape index (κ2) is 10.6. The molecular formula is C23H30N4O2. The maximum Gasteiger partial charge on any atom is 0.222 e. The standard InChI is InChI=1S/C23H30N4O2/c1-24-23(26-15-21(17-28)20-6-3-2-4-7-20)25-14-18-9-11-19(12-10-18)16-27-13-5-8-22(27)29/h2-4,6-7,9-12,21,28H,5,8,13-17H2,1H3,(H2,24,25,26). The number of nitrogens with zero attached hydrogens (tertiary/aromatic N) is 2. The number of likely N-dealkylation sites (tertiary alicyclic amines) is 1. The van der Waals surface area contributed by atoms with Gasteiger partial charge in [-0.25, -0.2) is 0 Å². The SMILES string of the molecule is CN=C(NCc1ccc(CN2CCCC2=O)cc1)NCC(CO)c1ccccc1. The van der Waals surface area contributed by atoms with Gasteiger partial charge in [0.1, 0.15) is 0 Å². The summed E-state index contributed by atoms with van der Waals surface area (Å²) in [5.74, 6) is 0.968. The number of hydrogen-bond acceptors (Lipinski definition) is 3. The third-order valence-electron chi connectivity index (χ3n) is 5.26. The number of aliphatic hydroxyl groups excluding tert-OH is 1. The fourth-order valence-electron chi connectivity index (χ4n) is 3.49. The molecule has 3 rings (SSSR count). The molecule has 154 valence electrons. The molecule has 0 radical (unpaired) electrons. The van der Waals surface area contributed by atoms with E-state index in [0.717, 1.165) is 29.7 Å². The minimum atomic E-state index is 0.0160. The van der Waals surface area contributed by atoms with Crippen LogP contribution in [0.15, 0.2) is 59.6 Å². The minimum absolute atomic E-state index is 0.0160. The van der Waals surface area contributed by atoms with Crippen LogP contribution in [-0.4, -0.2) is 48.6 Å². The van der Waals surface area contributed by atoms with Crippen molar-refractivity contribution >= 4 is 11.9 Å². The number of hydrogen-bond donors (Lipinski definition) is 3. The Balaban J connectivity index is 1.47. The minimum Gasteiger partial charge on any atom is -0.396 e. The molecule has 1 unspecified atom stereocenters. The highest BCUT2D eigenvalue weighted by atomic mass is 16.3. The van der Waals surface area contributed by atoms with Crippen molar-refractivity contribution in [2.75, 3.05) is 26.7 Å². The molecule has 1 heterocycles. The summed E-state index contributed by atoms with van der Waals surface area (Å²) in [6, 6.07) is 18.3. The van der Waals surface area contributed by atoms with Gasteiger partial charge in [-0.15, -0.1) is 0 Å². The van der Waals surface area contributed by atoms with Gasteiger partial charge in [0, 0.05) is 45.6 Å². The quantitative estimate of drug-likeness (QED) is 0.474. The summed E-state index contributed by atoms with van der Waals surface area (Å²) in [4.78, 5) is 17.9. The van der Waals surface area contributed by atoms with Gasteiger partial charge in [-0.05, 0) is 23.1 Å². The molecule has 1 saturated heterocycles. The Morgan fingerprint density at radius 1 is 1.10 bits per heavy atom. The summed E-state index contributed by atoms with van der Waals surface area (Å²) in [6.07, 6.45) is 1.64. The van der Waals surface area contributed by atoms with E-state index in [9.17, 15) is 9.90 Å². The first kappa shape index (κ1) is 20.9. The number of nitrogens with one attached hydrogen (secondary N) is 2. The van der Waals surface area contributed by atoms with Gasteiger partial charge in [-0.1, -0.05) is 54.6 Å². The average Bonchev–Trinajstić information content (AvgIpc) is 3.17. The normalized spacial score (nSPS) is 15.4. The van der Waals surface area contributed by atoms with Crippen molar-refractivity contribution < 1.29 is 9.90 Å². The number of guanidine groups is 1. The Morgan fingerprint density at radius 2 is 1.83 bits per heavy atom. The molecule has 1 fully saturated rings. The van der Waals surface area contributed by atoms with Crippen molar-refractivity contribution in [2.24, 2.45) is 4.99 Å². The van der Waals surface area contributed by atoms with Crippen LogP contribution in [0, 0.1) is 0 Å². The van der Waals surface area contributed by atoms with Crippen LogP contribution in [-0.2, 0) is 17.9 Å². The highest BCUT2D eigenvalue weighted by Crippen LogP contribution is 2.15. The monoisotopic (exact) mass is 394 g/mol. The number of rotatable bonds is 8. The molecule has 6 heteroatoms. The van der Waals surface area contributed by atoms with E-state index in [-0.39, 0.29) is 18.4 Å². The van der Waals surface area contributed by atoms with Crippen LogP contribution >= 0.6 is 0 Å². The summed E-state index contributed by atoms with van der Waals surface area (Å²) in [7, 11) is 1.74. The average molecular weight is 395 g/mol. The summed E-state index contributed by atoms with van der Waals surface area (Å²) >= 11 is 0. The Morgan fingerprint density at radius 3 is 2.45 bits per heavy atom. The maximum absolute atomic E-state index is 11.8. The molecule has 0 aliphatic carbocycles. The van der Waals surface area contributed by atoms with E-state index in [0.29, 0.717) is 32.0 Å². The molecule has 1 amide bonds. The van der Waals surface area contributed by atoms with Crippen LogP contribution in [0.2, 0.25) is 0 Å². The van der Waals surface area contributed by atoms with Crippen LogP contribution in [0.25, 0.3) is 0 Å². The van der Waals surface area contributed by atoms with Crippen LogP contribution in [0.5, 0.6) is 0 Å². The second-order valence-electron chi connectivity index (χ2n) is 7.33. The Hall–Kier alpha value is -2.86. The third kappa shape index (κ3) is 6.06. The zero-order valence-electron chi connectivity index (χ0n) is 17.0. The van der Waals surface area contributed by atoms with E-state index < -0.39 is 0 Å². The first-order valence-electron chi connectivity index (χ1n) is 10.2.